The molecule has 0 radical (unpaired) electrons. The standard InChI is InChI=1S/C57H37N5/c1-5-19-38(20-6-1)48-36-49-44(31-18-32-47(49)56-54(48)55(39-21-7-2-8-22-39)60-62(56)42-26-11-4-12-27-42)51-37-50(58-57(59-51)40-23-9-3-10-24-40)41-25-17-28-43(35-41)61-52-33-15-13-29-45(52)46-30-14-16-34-53(46)61/h1-37H. The minimum Gasteiger partial charge on any atom is -0.309 e. The van der Waals surface area contributed by atoms with Crippen LogP contribution in [0, 0.1) is 0 Å². The van der Waals surface area contributed by atoms with Gasteiger partial charge in [0.2, 0.25) is 0 Å². The summed E-state index contributed by atoms with van der Waals surface area (Å²) in [6, 6.07) is 79.0. The zero-order valence-electron chi connectivity index (χ0n) is 33.6. The Kier molecular flexibility index (Phi) is 8.42. The number of benzene rings is 9. The minimum atomic E-state index is 0.669. The number of hydrogen-bond acceptors (Lipinski definition) is 3. The number of aromatic nitrogens is 5. The quantitative estimate of drug-likeness (QED) is 0.162. The fourth-order valence-corrected chi connectivity index (χ4v) is 9.14. The Balaban J connectivity index is 1.13. The SMILES string of the molecule is c1ccc(-c2nc(-c3cccc(-n4c5ccccc5c5ccccc54)c3)cc(-c3cccc4c3cc(-c3ccccc3)c3c(-c5ccccc5)nn(-c5ccccc5)c34)n2)cc1. The molecule has 0 aliphatic carbocycles. The van der Waals surface area contributed by atoms with Crippen molar-refractivity contribution < 1.29 is 0 Å². The molecule has 5 nitrogen and oxygen atoms in total. The molecule has 0 saturated carbocycles. The van der Waals surface area contributed by atoms with E-state index in [9.17, 15) is 0 Å². The Bertz CT molecular complexity index is 3560. The van der Waals surface area contributed by atoms with Gasteiger partial charge < -0.3 is 4.57 Å². The fourth-order valence-electron chi connectivity index (χ4n) is 9.14. The molecule has 3 heterocycles. The van der Waals surface area contributed by atoms with Crippen LogP contribution in [0.2, 0.25) is 0 Å². The summed E-state index contributed by atoms with van der Waals surface area (Å²) in [6.07, 6.45) is 0. The zero-order valence-corrected chi connectivity index (χ0v) is 33.6. The van der Waals surface area contributed by atoms with Crippen molar-refractivity contribution in [1.29, 1.82) is 0 Å². The van der Waals surface area contributed by atoms with Gasteiger partial charge in [0.15, 0.2) is 5.82 Å². The molecular weight excluding hydrogens is 755 g/mol. The molecule has 290 valence electrons. The molecule has 0 N–H and O–H groups in total. The molecule has 0 saturated heterocycles. The van der Waals surface area contributed by atoms with Gasteiger partial charge in [0.1, 0.15) is 5.69 Å². The van der Waals surface area contributed by atoms with Crippen LogP contribution in [0.25, 0.3) is 111 Å². The monoisotopic (exact) mass is 791 g/mol. The molecule has 0 spiro atoms. The van der Waals surface area contributed by atoms with Crippen LogP contribution >= 0.6 is 0 Å². The highest BCUT2D eigenvalue weighted by atomic mass is 15.3. The van der Waals surface area contributed by atoms with Gasteiger partial charge in [0, 0.05) is 49.5 Å². The lowest BCUT2D eigenvalue weighted by Gasteiger charge is -2.15. The summed E-state index contributed by atoms with van der Waals surface area (Å²) in [5.41, 5.74) is 14.4. The Morgan fingerprint density at radius 1 is 0.339 bits per heavy atom. The van der Waals surface area contributed by atoms with Gasteiger partial charge in [-0.05, 0) is 65.0 Å². The normalized spacial score (nSPS) is 11.5. The Morgan fingerprint density at radius 2 is 0.871 bits per heavy atom. The molecule has 0 amide bonds. The maximum absolute atomic E-state index is 5.43. The Hall–Kier alpha value is -8.41. The maximum Gasteiger partial charge on any atom is 0.160 e. The van der Waals surface area contributed by atoms with Gasteiger partial charge in [-0.15, -0.1) is 0 Å². The van der Waals surface area contributed by atoms with E-state index in [4.69, 9.17) is 15.1 Å². The minimum absolute atomic E-state index is 0.669. The number of para-hydroxylation sites is 3. The summed E-state index contributed by atoms with van der Waals surface area (Å²) < 4.78 is 4.48. The first-order chi connectivity index (χ1) is 30.8. The Morgan fingerprint density at radius 3 is 1.56 bits per heavy atom. The predicted octanol–water partition coefficient (Wildman–Crippen LogP) is 14.4. The molecule has 0 unspecified atom stereocenters. The molecule has 0 aliphatic heterocycles. The highest BCUT2D eigenvalue weighted by Crippen LogP contribution is 2.44. The van der Waals surface area contributed by atoms with E-state index < -0.39 is 0 Å². The summed E-state index contributed by atoms with van der Waals surface area (Å²) in [5, 5.41) is 11.2. The number of hydrogen-bond donors (Lipinski definition) is 0. The molecular formula is C57H37N5. The van der Waals surface area contributed by atoms with Crippen LogP contribution in [0.1, 0.15) is 0 Å². The second kappa shape index (κ2) is 14.7. The summed E-state index contributed by atoms with van der Waals surface area (Å²) in [7, 11) is 0. The fraction of sp³-hybridized carbons (Fsp3) is 0. The average Bonchev–Trinajstić information content (AvgIpc) is 3.92. The lowest BCUT2D eigenvalue weighted by Crippen LogP contribution is -1.99. The lowest BCUT2D eigenvalue weighted by molar-refractivity contribution is 0.918. The lowest BCUT2D eigenvalue weighted by atomic mass is 9.91. The largest absolute Gasteiger partial charge is 0.309 e. The van der Waals surface area contributed by atoms with Gasteiger partial charge in [-0.2, -0.15) is 5.10 Å². The van der Waals surface area contributed by atoms with E-state index in [1.807, 2.05) is 18.2 Å². The van der Waals surface area contributed by atoms with Crippen molar-refractivity contribution in [2.24, 2.45) is 0 Å². The Labute approximate surface area is 358 Å². The van der Waals surface area contributed by atoms with E-state index in [0.717, 1.165) is 83.5 Å². The second-order valence-electron chi connectivity index (χ2n) is 15.6. The predicted molar refractivity (Wildman–Crippen MR) is 256 cm³/mol. The summed E-state index contributed by atoms with van der Waals surface area (Å²) >= 11 is 0. The van der Waals surface area contributed by atoms with Crippen molar-refractivity contribution in [3.63, 3.8) is 0 Å². The third-order valence-electron chi connectivity index (χ3n) is 12.0. The summed E-state index contributed by atoms with van der Waals surface area (Å²) in [5.74, 6) is 0.669. The van der Waals surface area contributed by atoms with E-state index in [1.165, 1.54) is 21.8 Å². The van der Waals surface area contributed by atoms with Crippen LogP contribution in [0.3, 0.4) is 0 Å². The van der Waals surface area contributed by atoms with Gasteiger partial charge in [-0.3, -0.25) is 0 Å². The van der Waals surface area contributed by atoms with Crippen molar-refractivity contribution in [2.45, 2.75) is 0 Å². The smallest absolute Gasteiger partial charge is 0.160 e. The first-order valence-electron chi connectivity index (χ1n) is 21.0. The molecule has 12 rings (SSSR count). The van der Waals surface area contributed by atoms with Gasteiger partial charge in [0.25, 0.3) is 0 Å². The average molecular weight is 792 g/mol. The van der Waals surface area contributed by atoms with E-state index in [-0.39, 0.29) is 0 Å². The number of rotatable bonds is 7. The van der Waals surface area contributed by atoms with Crippen molar-refractivity contribution >= 4 is 43.5 Å². The maximum atomic E-state index is 5.43. The molecule has 12 aromatic rings. The molecule has 3 aromatic heterocycles. The summed E-state index contributed by atoms with van der Waals surface area (Å²) in [4.78, 5) is 10.7. The van der Waals surface area contributed by atoms with Crippen LogP contribution < -0.4 is 0 Å². The van der Waals surface area contributed by atoms with E-state index >= 15 is 0 Å². The molecule has 0 aliphatic rings. The second-order valence-corrected chi connectivity index (χ2v) is 15.6. The zero-order chi connectivity index (χ0) is 41.0. The third-order valence-corrected chi connectivity index (χ3v) is 12.0. The van der Waals surface area contributed by atoms with Gasteiger partial charge in [0.05, 0.1) is 33.6 Å². The molecule has 62 heavy (non-hydrogen) atoms. The molecule has 0 fully saturated rings. The van der Waals surface area contributed by atoms with Gasteiger partial charge in [-0.1, -0.05) is 176 Å². The van der Waals surface area contributed by atoms with Crippen LogP contribution in [-0.4, -0.2) is 24.3 Å². The summed E-state index contributed by atoms with van der Waals surface area (Å²) in [6.45, 7) is 0. The first kappa shape index (κ1) is 35.5. The van der Waals surface area contributed by atoms with Crippen molar-refractivity contribution in [1.82, 2.24) is 24.3 Å². The molecule has 5 heteroatoms. The number of fused-ring (bicyclic) bond motifs is 6. The van der Waals surface area contributed by atoms with E-state index in [0.29, 0.717) is 5.82 Å². The van der Waals surface area contributed by atoms with Crippen LogP contribution in [-0.2, 0) is 0 Å². The highest BCUT2D eigenvalue weighted by molar-refractivity contribution is 6.20. The molecule has 9 aromatic carbocycles. The van der Waals surface area contributed by atoms with Gasteiger partial charge in [-0.25, -0.2) is 14.6 Å². The van der Waals surface area contributed by atoms with Crippen molar-refractivity contribution in [3.05, 3.63) is 224 Å². The van der Waals surface area contributed by atoms with Crippen molar-refractivity contribution in [3.8, 4) is 67.7 Å². The van der Waals surface area contributed by atoms with E-state index in [2.05, 4.69) is 216 Å². The van der Waals surface area contributed by atoms with Gasteiger partial charge >= 0.3 is 0 Å². The third kappa shape index (κ3) is 5.90. The van der Waals surface area contributed by atoms with Crippen LogP contribution in [0.15, 0.2) is 224 Å². The molecule has 0 bridgehead atoms. The van der Waals surface area contributed by atoms with Crippen LogP contribution in [0.5, 0.6) is 0 Å². The van der Waals surface area contributed by atoms with Crippen LogP contribution in [0.4, 0.5) is 0 Å². The first-order valence-corrected chi connectivity index (χ1v) is 21.0. The topological polar surface area (TPSA) is 48.5 Å². The van der Waals surface area contributed by atoms with E-state index in [1.54, 1.807) is 0 Å². The number of nitrogens with zero attached hydrogens (tertiary/aromatic N) is 5. The molecule has 0 atom stereocenters. The highest BCUT2D eigenvalue weighted by Gasteiger charge is 2.23. The van der Waals surface area contributed by atoms with Crippen molar-refractivity contribution in [2.75, 3.05) is 0 Å².